The Labute approximate surface area is 200 Å². The molecule has 0 radical (unpaired) electrons. The third-order valence-corrected chi connectivity index (χ3v) is 10.3. The molecule has 4 rings (SSSR count). The number of allylic oxidation sites excluding steroid dienone is 2. The number of esters is 1. The number of rotatable bonds is 5. The van der Waals surface area contributed by atoms with Crippen molar-refractivity contribution in [3.05, 3.63) is 23.8 Å². The van der Waals surface area contributed by atoms with Crippen LogP contribution in [0.4, 0.5) is 0 Å². The number of ether oxygens (including phenoxy) is 1. The molecule has 0 unspecified atom stereocenters. The molecular formula is C29H44O4. The summed E-state index contributed by atoms with van der Waals surface area (Å²) in [7, 11) is 0. The highest BCUT2D eigenvalue weighted by molar-refractivity contribution is 5.96. The van der Waals surface area contributed by atoms with Gasteiger partial charge in [0.1, 0.15) is 11.7 Å². The molecule has 184 valence electrons. The number of aliphatic hydroxyl groups is 1. The van der Waals surface area contributed by atoms with Gasteiger partial charge in [-0.15, -0.1) is 0 Å². The van der Waals surface area contributed by atoms with Crippen LogP contribution in [0.15, 0.2) is 23.8 Å². The van der Waals surface area contributed by atoms with E-state index in [2.05, 4.69) is 32.9 Å². The van der Waals surface area contributed by atoms with E-state index >= 15 is 0 Å². The Morgan fingerprint density at radius 3 is 2.55 bits per heavy atom. The number of hydrogen-bond acceptors (Lipinski definition) is 4. The Morgan fingerprint density at radius 2 is 1.88 bits per heavy atom. The molecule has 4 heteroatoms. The summed E-state index contributed by atoms with van der Waals surface area (Å²) in [6.07, 6.45) is 15.5. The largest absolute Gasteiger partial charge is 0.462 e. The molecule has 3 saturated carbocycles. The van der Waals surface area contributed by atoms with Gasteiger partial charge in [0.15, 0.2) is 5.78 Å². The van der Waals surface area contributed by atoms with Crippen molar-refractivity contribution in [2.24, 2.45) is 40.4 Å². The lowest BCUT2D eigenvalue weighted by Gasteiger charge is -2.58. The number of fused-ring (bicyclic) bond motifs is 5. The van der Waals surface area contributed by atoms with Crippen molar-refractivity contribution in [1.82, 2.24) is 0 Å². The fourth-order valence-electron chi connectivity index (χ4n) is 8.44. The molecular weight excluding hydrogens is 412 g/mol. The first-order chi connectivity index (χ1) is 15.4. The molecule has 8 atom stereocenters. The third-order valence-electron chi connectivity index (χ3n) is 10.3. The number of carbonyl (C=O) groups is 2. The Morgan fingerprint density at radius 1 is 1.15 bits per heavy atom. The fourth-order valence-corrected chi connectivity index (χ4v) is 8.44. The highest BCUT2D eigenvalue weighted by Gasteiger charge is 2.59. The van der Waals surface area contributed by atoms with Crippen LogP contribution in [0.5, 0.6) is 0 Å². The summed E-state index contributed by atoms with van der Waals surface area (Å²) in [6, 6.07) is 0. The summed E-state index contributed by atoms with van der Waals surface area (Å²) in [6.45, 7) is 11.9. The average Bonchev–Trinajstić information content (AvgIpc) is 3.08. The zero-order valence-corrected chi connectivity index (χ0v) is 21.5. The summed E-state index contributed by atoms with van der Waals surface area (Å²) < 4.78 is 5.58. The highest BCUT2D eigenvalue weighted by Crippen LogP contribution is 2.67. The molecule has 0 spiro atoms. The standard InChI is InChI=1S/C29H44O4/c1-18(7-12-26(31)27(3,4)32)23-10-11-24-22-9-8-20-17-21(33-19(2)30)13-15-28(20,5)25(22)14-16-29(23,24)6/h7-8,12,18,21-25,32H,9-11,13-17H2,1-6H3/b12-7+/t18-,21+,22+,23-,24+,25+,28+,29-/m1/s1. The van der Waals surface area contributed by atoms with Crippen molar-refractivity contribution in [1.29, 1.82) is 0 Å². The van der Waals surface area contributed by atoms with Crippen molar-refractivity contribution in [3.63, 3.8) is 0 Å². The monoisotopic (exact) mass is 456 g/mol. The predicted octanol–water partition coefficient (Wildman–Crippen LogP) is 6.03. The molecule has 0 aromatic heterocycles. The molecule has 3 fully saturated rings. The minimum absolute atomic E-state index is 0.0577. The van der Waals surface area contributed by atoms with Gasteiger partial charge in [0.25, 0.3) is 0 Å². The van der Waals surface area contributed by atoms with Crippen molar-refractivity contribution in [3.8, 4) is 0 Å². The molecule has 4 aliphatic carbocycles. The second kappa shape index (κ2) is 8.66. The topological polar surface area (TPSA) is 63.6 Å². The molecule has 0 amide bonds. The predicted molar refractivity (Wildman–Crippen MR) is 130 cm³/mol. The smallest absolute Gasteiger partial charge is 0.302 e. The van der Waals surface area contributed by atoms with Crippen LogP contribution >= 0.6 is 0 Å². The van der Waals surface area contributed by atoms with Crippen LogP contribution < -0.4 is 0 Å². The molecule has 0 aliphatic heterocycles. The molecule has 0 heterocycles. The second-order valence-electron chi connectivity index (χ2n) is 12.6. The summed E-state index contributed by atoms with van der Waals surface area (Å²) in [5.41, 5.74) is 0.816. The summed E-state index contributed by atoms with van der Waals surface area (Å²) in [5.74, 6) is 2.77. The average molecular weight is 457 g/mol. The Bertz CT molecular complexity index is 848. The third kappa shape index (κ3) is 4.37. The van der Waals surface area contributed by atoms with E-state index in [-0.39, 0.29) is 23.3 Å². The quantitative estimate of drug-likeness (QED) is 0.312. The highest BCUT2D eigenvalue weighted by atomic mass is 16.5. The molecule has 4 nitrogen and oxygen atoms in total. The maximum Gasteiger partial charge on any atom is 0.302 e. The zero-order valence-electron chi connectivity index (χ0n) is 21.5. The number of ketones is 1. The first kappa shape index (κ1) is 24.7. The first-order valence-electron chi connectivity index (χ1n) is 13.2. The van der Waals surface area contributed by atoms with Gasteiger partial charge in [-0.25, -0.2) is 0 Å². The molecule has 4 aliphatic rings. The lowest BCUT2D eigenvalue weighted by molar-refractivity contribution is -0.148. The molecule has 0 aromatic carbocycles. The second-order valence-corrected chi connectivity index (χ2v) is 12.6. The minimum atomic E-state index is -1.30. The van der Waals surface area contributed by atoms with Crippen molar-refractivity contribution in [2.75, 3.05) is 0 Å². The molecule has 0 aromatic rings. The van der Waals surface area contributed by atoms with Crippen molar-refractivity contribution in [2.45, 2.75) is 105 Å². The van der Waals surface area contributed by atoms with E-state index in [1.165, 1.54) is 32.6 Å². The lowest BCUT2D eigenvalue weighted by Crippen LogP contribution is -2.51. The van der Waals surface area contributed by atoms with Gasteiger partial charge in [0.05, 0.1) is 0 Å². The van der Waals surface area contributed by atoms with Gasteiger partial charge >= 0.3 is 5.97 Å². The van der Waals surface area contributed by atoms with Crippen LogP contribution in [0, 0.1) is 40.4 Å². The van der Waals surface area contributed by atoms with E-state index < -0.39 is 5.60 Å². The van der Waals surface area contributed by atoms with Gasteiger partial charge in [-0.1, -0.05) is 38.5 Å². The molecule has 0 bridgehead atoms. The maximum atomic E-state index is 12.2. The van der Waals surface area contributed by atoms with Crippen LogP contribution in [0.1, 0.15) is 92.9 Å². The van der Waals surface area contributed by atoms with Gasteiger partial charge in [-0.3, -0.25) is 9.59 Å². The summed E-state index contributed by atoms with van der Waals surface area (Å²) >= 11 is 0. The summed E-state index contributed by atoms with van der Waals surface area (Å²) in [4.78, 5) is 23.7. The maximum absolute atomic E-state index is 12.2. The van der Waals surface area contributed by atoms with Gasteiger partial charge in [-0.05, 0) is 105 Å². The van der Waals surface area contributed by atoms with Crippen LogP contribution in [0.2, 0.25) is 0 Å². The summed E-state index contributed by atoms with van der Waals surface area (Å²) in [5, 5.41) is 9.98. The van der Waals surface area contributed by atoms with Gasteiger partial charge < -0.3 is 9.84 Å². The SMILES string of the molecule is CC(=O)O[C@H]1CC[C@@]2(C)C(=CC[C@H]3[C@@H]4CC[C@H]([C@H](C)/C=C/C(=O)C(C)(C)O)[C@@]4(C)CC[C@@H]32)C1. The Hall–Kier alpha value is -1.42. The minimum Gasteiger partial charge on any atom is -0.462 e. The van der Waals surface area contributed by atoms with E-state index in [4.69, 9.17) is 4.74 Å². The first-order valence-corrected chi connectivity index (χ1v) is 13.2. The fraction of sp³-hybridized carbons (Fsp3) is 0.793. The molecule has 1 N–H and O–H groups in total. The Kier molecular flexibility index (Phi) is 6.48. The van der Waals surface area contributed by atoms with E-state index in [0.717, 1.165) is 43.4 Å². The van der Waals surface area contributed by atoms with E-state index in [0.29, 0.717) is 17.3 Å². The van der Waals surface area contributed by atoms with Crippen LogP contribution in [0.3, 0.4) is 0 Å². The zero-order chi connectivity index (χ0) is 24.2. The van der Waals surface area contributed by atoms with E-state index in [9.17, 15) is 14.7 Å². The molecule has 0 saturated heterocycles. The van der Waals surface area contributed by atoms with Crippen LogP contribution in [-0.4, -0.2) is 28.6 Å². The van der Waals surface area contributed by atoms with Gasteiger partial charge in [0, 0.05) is 13.3 Å². The van der Waals surface area contributed by atoms with E-state index in [1.54, 1.807) is 25.5 Å². The van der Waals surface area contributed by atoms with Gasteiger partial charge in [-0.2, -0.15) is 0 Å². The lowest BCUT2D eigenvalue weighted by atomic mass is 9.47. The van der Waals surface area contributed by atoms with Crippen LogP contribution in [-0.2, 0) is 14.3 Å². The Balaban J connectivity index is 1.50. The number of carbonyl (C=O) groups excluding carboxylic acids is 2. The number of hydrogen-bond donors (Lipinski definition) is 1. The van der Waals surface area contributed by atoms with Crippen molar-refractivity contribution < 1.29 is 19.4 Å². The van der Waals surface area contributed by atoms with E-state index in [1.807, 2.05) is 0 Å². The normalized spacial score (nSPS) is 41.5. The van der Waals surface area contributed by atoms with Crippen molar-refractivity contribution >= 4 is 11.8 Å². The van der Waals surface area contributed by atoms with Crippen LogP contribution in [0.25, 0.3) is 0 Å². The van der Waals surface area contributed by atoms with Gasteiger partial charge in [0.2, 0.25) is 0 Å². The molecule has 33 heavy (non-hydrogen) atoms.